The van der Waals surface area contributed by atoms with Crippen LogP contribution in [0.3, 0.4) is 0 Å². The number of fused-ring (bicyclic) bond motifs is 1. The fourth-order valence-electron chi connectivity index (χ4n) is 2.17. The smallest absolute Gasteiger partial charge is 0.269 e. The second kappa shape index (κ2) is 6.19. The Morgan fingerprint density at radius 1 is 1.18 bits per heavy atom. The first kappa shape index (κ1) is 14.0. The minimum atomic E-state index is -0.686. The van der Waals surface area contributed by atoms with Gasteiger partial charge in [0.25, 0.3) is 5.91 Å². The molecule has 0 aliphatic carbocycles. The topological polar surface area (TPSA) is 71.4 Å². The van der Waals surface area contributed by atoms with Gasteiger partial charge in [-0.3, -0.25) is 4.79 Å². The molecule has 1 N–H and O–H groups in total. The molecular weight excluding hydrogens is 280 g/mol. The largest absolute Gasteiger partial charge is 0.485 e. The summed E-state index contributed by atoms with van der Waals surface area (Å²) in [4.78, 5) is 12.2. The van der Waals surface area contributed by atoms with E-state index >= 15 is 0 Å². The molecule has 0 saturated carbocycles. The highest BCUT2D eigenvalue weighted by molar-refractivity contribution is 5.94. The van der Waals surface area contributed by atoms with E-state index in [0.717, 1.165) is 5.56 Å². The third kappa shape index (κ3) is 3.01. The van der Waals surface area contributed by atoms with Crippen LogP contribution in [0.5, 0.6) is 11.5 Å². The van der Waals surface area contributed by atoms with E-state index in [-0.39, 0.29) is 12.5 Å². The molecule has 1 amide bonds. The SMILES string of the molecule is N#CCc1ccc(NC(=O)[C@@H]2COc3ccccc3O2)cc1. The van der Waals surface area contributed by atoms with E-state index < -0.39 is 6.10 Å². The number of ether oxygens (including phenoxy) is 2. The number of amides is 1. The molecule has 110 valence electrons. The van der Waals surface area contributed by atoms with Crippen LogP contribution in [0, 0.1) is 11.3 Å². The minimum Gasteiger partial charge on any atom is -0.485 e. The first-order valence-electron chi connectivity index (χ1n) is 6.91. The van der Waals surface area contributed by atoms with Gasteiger partial charge in [0.2, 0.25) is 6.10 Å². The van der Waals surface area contributed by atoms with Gasteiger partial charge in [-0.05, 0) is 29.8 Å². The fourth-order valence-corrected chi connectivity index (χ4v) is 2.17. The van der Waals surface area contributed by atoms with Gasteiger partial charge < -0.3 is 14.8 Å². The van der Waals surface area contributed by atoms with E-state index in [1.165, 1.54) is 0 Å². The number of hydrogen-bond acceptors (Lipinski definition) is 4. The molecule has 0 fully saturated rings. The lowest BCUT2D eigenvalue weighted by Crippen LogP contribution is -2.40. The van der Waals surface area contributed by atoms with Gasteiger partial charge in [-0.15, -0.1) is 0 Å². The molecule has 1 atom stereocenters. The van der Waals surface area contributed by atoms with Gasteiger partial charge in [0.1, 0.15) is 6.61 Å². The molecule has 1 aliphatic rings. The Bertz CT molecular complexity index is 719. The Hall–Kier alpha value is -3.00. The zero-order valence-corrected chi connectivity index (χ0v) is 11.8. The molecule has 0 bridgehead atoms. The van der Waals surface area contributed by atoms with E-state index in [1.807, 2.05) is 24.3 Å². The predicted molar refractivity (Wildman–Crippen MR) is 80.7 cm³/mol. The Kier molecular flexibility index (Phi) is 3.92. The highest BCUT2D eigenvalue weighted by Gasteiger charge is 2.27. The molecule has 0 spiro atoms. The molecule has 5 nitrogen and oxygen atoms in total. The van der Waals surface area contributed by atoms with Gasteiger partial charge in [-0.25, -0.2) is 0 Å². The number of benzene rings is 2. The van der Waals surface area contributed by atoms with E-state index in [1.54, 1.807) is 24.3 Å². The summed E-state index contributed by atoms with van der Waals surface area (Å²) < 4.78 is 11.2. The summed E-state index contributed by atoms with van der Waals surface area (Å²) >= 11 is 0. The molecule has 2 aromatic rings. The molecule has 5 heteroatoms. The lowest BCUT2D eigenvalue weighted by Gasteiger charge is -2.25. The highest BCUT2D eigenvalue weighted by Crippen LogP contribution is 2.31. The van der Waals surface area contributed by atoms with Crippen LogP contribution >= 0.6 is 0 Å². The minimum absolute atomic E-state index is 0.176. The van der Waals surface area contributed by atoms with Crippen LogP contribution in [0.25, 0.3) is 0 Å². The Morgan fingerprint density at radius 2 is 1.91 bits per heavy atom. The predicted octanol–water partition coefficient (Wildman–Crippen LogP) is 2.53. The van der Waals surface area contributed by atoms with Gasteiger partial charge >= 0.3 is 0 Å². The normalized spacial score (nSPS) is 15.7. The number of carbonyl (C=O) groups is 1. The van der Waals surface area contributed by atoms with Gasteiger partial charge in [0.05, 0.1) is 12.5 Å². The number of nitrogens with one attached hydrogen (secondary N) is 1. The van der Waals surface area contributed by atoms with Crippen LogP contribution in [0.4, 0.5) is 5.69 Å². The second-order valence-corrected chi connectivity index (χ2v) is 4.89. The summed E-state index contributed by atoms with van der Waals surface area (Å²) in [6.07, 6.45) is -0.335. The number of carbonyl (C=O) groups excluding carboxylic acids is 1. The molecule has 3 rings (SSSR count). The lowest BCUT2D eigenvalue weighted by atomic mass is 10.1. The summed E-state index contributed by atoms with van der Waals surface area (Å²) in [6, 6.07) is 16.5. The van der Waals surface area contributed by atoms with Gasteiger partial charge in [-0.2, -0.15) is 5.26 Å². The number of nitriles is 1. The van der Waals surface area contributed by atoms with E-state index in [4.69, 9.17) is 14.7 Å². The van der Waals surface area contributed by atoms with E-state index in [9.17, 15) is 4.79 Å². The molecule has 0 aromatic heterocycles. The quantitative estimate of drug-likeness (QED) is 0.944. The molecule has 2 aromatic carbocycles. The van der Waals surface area contributed by atoms with Crippen molar-refractivity contribution in [1.82, 2.24) is 0 Å². The van der Waals surface area contributed by atoms with Gasteiger partial charge in [0.15, 0.2) is 11.5 Å². The van der Waals surface area contributed by atoms with Crippen molar-refractivity contribution in [2.24, 2.45) is 0 Å². The molecule has 0 unspecified atom stereocenters. The van der Waals surface area contributed by atoms with Crippen molar-refractivity contribution in [2.75, 3.05) is 11.9 Å². The zero-order chi connectivity index (χ0) is 15.4. The summed E-state index contributed by atoms with van der Waals surface area (Å²) in [7, 11) is 0. The summed E-state index contributed by atoms with van der Waals surface area (Å²) in [6.45, 7) is 0.176. The average Bonchev–Trinajstić information content (AvgIpc) is 2.56. The Balaban J connectivity index is 1.64. The molecule has 0 saturated heterocycles. The van der Waals surface area contributed by atoms with Crippen LogP contribution in [0.1, 0.15) is 5.56 Å². The number of hydrogen-bond donors (Lipinski definition) is 1. The summed E-state index contributed by atoms with van der Waals surface area (Å²) in [5.41, 5.74) is 1.57. The maximum absolute atomic E-state index is 12.2. The van der Waals surface area contributed by atoms with Crippen LogP contribution in [0.15, 0.2) is 48.5 Å². The van der Waals surface area contributed by atoms with Crippen LogP contribution in [-0.4, -0.2) is 18.6 Å². The van der Waals surface area contributed by atoms with Crippen LogP contribution in [-0.2, 0) is 11.2 Å². The summed E-state index contributed by atoms with van der Waals surface area (Å²) in [5.74, 6) is 0.952. The van der Waals surface area contributed by atoms with Crippen molar-refractivity contribution in [3.8, 4) is 17.6 Å². The maximum Gasteiger partial charge on any atom is 0.269 e. The number of anilines is 1. The monoisotopic (exact) mass is 294 g/mol. The van der Waals surface area contributed by atoms with Crippen molar-refractivity contribution in [2.45, 2.75) is 12.5 Å². The van der Waals surface area contributed by atoms with E-state index in [2.05, 4.69) is 11.4 Å². The molecule has 22 heavy (non-hydrogen) atoms. The maximum atomic E-state index is 12.2. The third-order valence-corrected chi connectivity index (χ3v) is 3.31. The number of nitrogens with zero attached hydrogens (tertiary/aromatic N) is 1. The molecular formula is C17H14N2O3. The second-order valence-electron chi connectivity index (χ2n) is 4.89. The van der Waals surface area contributed by atoms with E-state index in [0.29, 0.717) is 23.6 Å². The fraction of sp³-hybridized carbons (Fsp3) is 0.176. The highest BCUT2D eigenvalue weighted by atomic mass is 16.6. The molecule has 1 aliphatic heterocycles. The third-order valence-electron chi connectivity index (χ3n) is 3.31. The Morgan fingerprint density at radius 3 is 2.64 bits per heavy atom. The zero-order valence-electron chi connectivity index (χ0n) is 11.8. The van der Waals surface area contributed by atoms with Crippen LogP contribution < -0.4 is 14.8 Å². The summed E-state index contributed by atoms with van der Waals surface area (Å²) in [5, 5.41) is 11.4. The van der Waals surface area contributed by atoms with Crippen molar-refractivity contribution in [3.63, 3.8) is 0 Å². The van der Waals surface area contributed by atoms with Crippen molar-refractivity contribution in [1.29, 1.82) is 5.26 Å². The number of para-hydroxylation sites is 2. The molecule has 1 heterocycles. The average molecular weight is 294 g/mol. The first-order valence-corrected chi connectivity index (χ1v) is 6.91. The van der Waals surface area contributed by atoms with Gasteiger partial charge in [0, 0.05) is 5.69 Å². The first-order chi connectivity index (χ1) is 10.8. The standard InChI is InChI=1S/C17H14N2O3/c18-10-9-12-5-7-13(8-6-12)19-17(20)16-11-21-14-3-1-2-4-15(14)22-16/h1-8,16H,9,11H2,(H,19,20)/t16-/m0/s1. The van der Waals surface area contributed by atoms with Crippen molar-refractivity contribution < 1.29 is 14.3 Å². The lowest BCUT2D eigenvalue weighted by molar-refractivity contribution is -0.125. The van der Waals surface area contributed by atoms with Crippen molar-refractivity contribution >= 4 is 11.6 Å². The molecule has 0 radical (unpaired) electrons. The van der Waals surface area contributed by atoms with Crippen LogP contribution in [0.2, 0.25) is 0 Å². The Labute approximate surface area is 128 Å². The van der Waals surface area contributed by atoms with Crippen molar-refractivity contribution in [3.05, 3.63) is 54.1 Å². The number of rotatable bonds is 3. The van der Waals surface area contributed by atoms with Gasteiger partial charge in [-0.1, -0.05) is 24.3 Å².